The van der Waals surface area contributed by atoms with E-state index in [0.29, 0.717) is 0 Å². The molecule has 0 saturated carbocycles. The highest BCUT2D eigenvalue weighted by atomic mass is 15.3. The van der Waals surface area contributed by atoms with E-state index in [-0.39, 0.29) is 0 Å². The minimum absolute atomic E-state index is 0.772. The van der Waals surface area contributed by atoms with Gasteiger partial charge in [-0.3, -0.25) is 9.67 Å². The molecule has 0 fully saturated rings. The van der Waals surface area contributed by atoms with E-state index in [1.54, 1.807) is 0 Å². The number of hydrogen-bond acceptors (Lipinski definition) is 3. The van der Waals surface area contributed by atoms with Crippen LogP contribution in [0.25, 0.3) is 10.9 Å². The van der Waals surface area contributed by atoms with E-state index >= 15 is 0 Å². The lowest BCUT2D eigenvalue weighted by Gasteiger charge is -2.09. The van der Waals surface area contributed by atoms with Crippen LogP contribution in [0.1, 0.15) is 11.3 Å². The molecule has 0 aliphatic rings. The summed E-state index contributed by atoms with van der Waals surface area (Å²) in [4.78, 5) is 4.36. The molecule has 0 saturated heterocycles. The molecule has 1 N–H and O–H groups in total. The Kier molecular flexibility index (Phi) is 2.91. The fourth-order valence-corrected chi connectivity index (χ4v) is 2.16. The first-order valence-corrected chi connectivity index (χ1v) is 6.31. The second-order valence-corrected chi connectivity index (χ2v) is 4.61. The van der Waals surface area contributed by atoms with Gasteiger partial charge in [-0.1, -0.05) is 18.2 Å². The predicted molar refractivity (Wildman–Crippen MR) is 77.0 cm³/mol. The van der Waals surface area contributed by atoms with Gasteiger partial charge in [0.05, 0.1) is 11.7 Å². The van der Waals surface area contributed by atoms with Gasteiger partial charge in [-0.2, -0.15) is 5.10 Å². The Balaban J connectivity index is 1.88. The summed E-state index contributed by atoms with van der Waals surface area (Å²) in [6.45, 7) is 2.85. The highest BCUT2D eigenvalue weighted by molar-refractivity contribution is 5.90. The molecule has 0 bridgehead atoms. The number of aromatic nitrogens is 3. The molecule has 3 aromatic rings. The van der Waals surface area contributed by atoms with Crippen molar-refractivity contribution >= 4 is 16.6 Å². The van der Waals surface area contributed by atoms with Crippen molar-refractivity contribution in [3.63, 3.8) is 0 Å². The summed E-state index contributed by atoms with van der Waals surface area (Å²) in [6.07, 6.45) is 3.74. The van der Waals surface area contributed by atoms with Crippen LogP contribution in [-0.2, 0) is 13.6 Å². The lowest BCUT2D eigenvalue weighted by Crippen LogP contribution is -2.02. The molecule has 0 atom stereocenters. The van der Waals surface area contributed by atoms with Gasteiger partial charge in [0.2, 0.25) is 0 Å². The van der Waals surface area contributed by atoms with Crippen LogP contribution in [0, 0.1) is 6.92 Å². The number of nitrogens with zero attached hydrogens (tertiary/aromatic N) is 3. The smallest absolute Gasteiger partial charge is 0.0722 e. The van der Waals surface area contributed by atoms with Crippen LogP contribution in [0.5, 0.6) is 0 Å². The average molecular weight is 252 g/mol. The third-order valence-corrected chi connectivity index (χ3v) is 3.46. The van der Waals surface area contributed by atoms with Gasteiger partial charge in [-0.05, 0) is 19.1 Å². The van der Waals surface area contributed by atoms with Gasteiger partial charge in [0.15, 0.2) is 0 Å². The van der Waals surface area contributed by atoms with Crippen LogP contribution in [-0.4, -0.2) is 14.8 Å². The molecular weight excluding hydrogens is 236 g/mol. The summed E-state index contributed by atoms with van der Waals surface area (Å²) in [7, 11) is 1.96. The summed E-state index contributed by atoms with van der Waals surface area (Å²) in [5.74, 6) is 0. The minimum atomic E-state index is 0.772. The normalized spacial score (nSPS) is 10.8. The molecule has 0 aliphatic heterocycles. The Morgan fingerprint density at radius 2 is 2.05 bits per heavy atom. The Bertz CT molecular complexity index is 710. The number of aryl methyl sites for hydroxylation is 1. The number of anilines is 1. The van der Waals surface area contributed by atoms with Gasteiger partial charge < -0.3 is 5.32 Å². The lowest BCUT2D eigenvalue weighted by molar-refractivity contribution is 0.738. The first-order chi connectivity index (χ1) is 9.25. The first-order valence-electron chi connectivity index (χ1n) is 6.31. The van der Waals surface area contributed by atoms with Gasteiger partial charge in [0.1, 0.15) is 0 Å². The first kappa shape index (κ1) is 11.7. The molecule has 19 heavy (non-hydrogen) atoms. The molecule has 0 radical (unpaired) electrons. The zero-order valence-corrected chi connectivity index (χ0v) is 11.1. The van der Waals surface area contributed by atoms with Crippen molar-refractivity contribution < 1.29 is 0 Å². The van der Waals surface area contributed by atoms with Gasteiger partial charge in [-0.15, -0.1) is 0 Å². The van der Waals surface area contributed by atoms with Gasteiger partial charge >= 0.3 is 0 Å². The van der Waals surface area contributed by atoms with E-state index in [9.17, 15) is 0 Å². The van der Waals surface area contributed by atoms with Crippen LogP contribution in [0.3, 0.4) is 0 Å². The summed E-state index contributed by atoms with van der Waals surface area (Å²) >= 11 is 0. The van der Waals surface area contributed by atoms with Crippen molar-refractivity contribution in [1.82, 2.24) is 14.8 Å². The molecule has 0 amide bonds. The average Bonchev–Trinajstić information content (AvgIpc) is 2.76. The van der Waals surface area contributed by atoms with E-state index in [0.717, 1.165) is 23.1 Å². The number of benzene rings is 1. The largest absolute Gasteiger partial charge is 0.380 e. The monoisotopic (exact) mass is 252 g/mol. The quantitative estimate of drug-likeness (QED) is 0.779. The van der Waals surface area contributed by atoms with Gasteiger partial charge in [0.25, 0.3) is 0 Å². The highest BCUT2D eigenvalue weighted by Crippen LogP contribution is 2.21. The molecule has 96 valence electrons. The van der Waals surface area contributed by atoms with Gasteiger partial charge in [0, 0.05) is 42.1 Å². The van der Waals surface area contributed by atoms with Crippen molar-refractivity contribution in [2.24, 2.45) is 7.05 Å². The second kappa shape index (κ2) is 4.72. The molecular formula is C15H16N4. The number of nitrogens with one attached hydrogen (secondary N) is 1. The van der Waals surface area contributed by atoms with E-state index in [1.807, 2.05) is 48.4 Å². The summed E-state index contributed by atoms with van der Waals surface area (Å²) in [5, 5.41) is 8.86. The third kappa shape index (κ3) is 2.17. The standard InChI is InChI=1S/C15H16N4/c1-11-12(10-18-19(11)2)9-17-15-7-8-16-14-6-4-3-5-13(14)15/h3-8,10H,9H2,1-2H3,(H,16,17). The SMILES string of the molecule is Cc1c(CNc2ccnc3ccccc23)cnn1C. The van der Waals surface area contributed by atoms with Crippen molar-refractivity contribution in [2.45, 2.75) is 13.5 Å². The summed E-state index contributed by atoms with van der Waals surface area (Å²) in [6, 6.07) is 10.2. The summed E-state index contributed by atoms with van der Waals surface area (Å²) < 4.78 is 1.89. The fourth-order valence-electron chi connectivity index (χ4n) is 2.16. The lowest BCUT2D eigenvalue weighted by atomic mass is 10.2. The zero-order valence-electron chi connectivity index (χ0n) is 11.1. The Morgan fingerprint density at radius 3 is 2.84 bits per heavy atom. The molecule has 2 heterocycles. The Hall–Kier alpha value is -2.36. The molecule has 1 aromatic carbocycles. The van der Waals surface area contributed by atoms with Crippen molar-refractivity contribution in [3.8, 4) is 0 Å². The minimum Gasteiger partial charge on any atom is -0.380 e. The predicted octanol–water partition coefficient (Wildman–Crippen LogP) is 2.89. The van der Waals surface area contributed by atoms with Crippen LogP contribution in [0.15, 0.2) is 42.7 Å². The van der Waals surface area contributed by atoms with E-state index in [1.165, 1.54) is 11.3 Å². The van der Waals surface area contributed by atoms with Crippen LogP contribution in [0.2, 0.25) is 0 Å². The molecule has 2 aromatic heterocycles. The van der Waals surface area contributed by atoms with E-state index in [4.69, 9.17) is 0 Å². The molecule has 0 spiro atoms. The Morgan fingerprint density at radius 1 is 1.21 bits per heavy atom. The molecule has 0 unspecified atom stereocenters. The van der Waals surface area contributed by atoms with E-state index < -0.39 is 0 Å². The third-order valence-electron chi connectivity index (χ3n) is 3.46. The molecule has 0 aliphatic carbocycles. The fraction of sp³-hybridized carbons (Fsp3) is 0.200. The number of rotatable bonds is 3. The topological polar surface area (TPSA) is 42.7 Å². The van der Waals surface area contributed by atoms with Crippen molar-refractivity contribution in [3.05, 3.63) is 54.0 Å². The zero-order chi connectivity index (χ0) is 13.2. The molecule has 3 rings (SSSR count). The number of para-hydroxylation sites is 1. The maximum atomic E-state index is 4.36. The summed E-state index contributed by atoms with van der Waals surface area (Å²) in [5.41, 5.74) is 4.51. The maximum absolute atomic E-state index is 4.36. The molecule has 4 nitrogen and oxygen atoms in total. The van der Waals surface area contributed by atoms with Crippen molar-refractivity contribution in [2.75, 3.05) is 5.32 Å². The maximum Gasteiger partial charge on any atom is 0.0722 e. The Labute approximate surface area is 112 Å². The van der Waals surface area contributed by atoms with Crippen LogP contribution < -0.4 is 5.32 Å². The highest BCUT2D eigenvalue weighted by Gasteiger charge is 2.05. The molecule has 4 heteroatoms. The van der Waals surface area contributed by atoms with E-state index in [2.05, 4.69) is 28.4 Å². The van der Waals surface area contributed by atoms with Gasteiger partial charge in [-0.25, -0.2) is 0 Å². The van der Waals surface area contributed by atoms with Crippen LogP contribution >= 0.6 is 0 Å². The second-order valence-electron chi connectivity index (χ2n) is 4.61. The van der Waals surface area contributed by atoms with Crippen molar-refractivity contribution in [1.29, 1.82) is 0 Å². The number of hydrogen-bond donors (Lipinski definition) is 1. The van der Waals surface area contributed by atoms with Crippen LogP contribution in [0.4, 0.5) is 5.69 Å². The number of pyridine rings is 1. The number of fused-ring (bicyclic) bond motifs is 1.